The third-order valence-corrected chi connectivity index (χ3v) is 1.35. The molecular weight excluding hydrogens is 200 g/mol. The Kier molecular flexibility index (Phi) is 7.00. The third kappa shape index (κ3) is 5.02. The Balaban J connectivity index is 4.57. The third-order valence-electron chi connectivity index (χ3n) is 1.35. The van der Waals surface area contributed by atoms with Gasteiger partial charge in [0.2, 0.25) is 0 Å². The van der Waals surface area contributed by atoms with Crippen molar-refractivity contribution < 1.29 is 19.1 Å². The van der Waals surface area contributed by atoms with Gasteiger partial charge in [-0.05, 0) is 13.8 Å². The van der Waals surface area contributed by atoms with Crippen molar-refractivity contribution in [2.45, 2.75) is 13.8 Å². The summed E-state index contributed by atoms with van der Waals surface area (Å²) >= 11 is 0. The lowest BCUT2D eigenvalue weighted by Crippen LogP contribution is -2.26. The molecule has 0 radical (unpaired) electrons. The van der Waals surface area contributed by atoms with E-state index in [2.05, 4.69) is 10.9 Å². The summed E-state index contributed by atoms with van der Waals surface area (Å²) in [5.74, 6) is -1.42. The molecule has 0 rings (SSSR count). The van der Waals surface area contributed by atoms with E-state index in [1.54, 1.807) is 20.9 Å². The lowest BCUT2D eigenvalue weighted by molar-refractivity contribution is -0.146. The van der Waals surface area contributed by atoms with Crippen LogP contribution in [0.3, 0.4) is 0 Å². The van der Waals surface area contributed by atoms with Crippen LogP contribution in [0.1, 0.15) is 13.8 Å². The first-order chi connectivity index (χ1) is 7.17. The second-order valence-electron chi connectivity index (χ2n) is 2.39. The number of ether oxygens (including phenoxy) is 2. The Bertz CT molecular complexity index is 230. The second kappa shape index (κ2) is 7.81. The number of hydrogen-bond acceptors (Lipinski definition) is 6. The van der Waals surface area contributed by atoms with Crippen molar-refractivity contribution in [2.24, 2.45) is 0 Å². The van der Waals surface area contributed by atoms with Crippen LogP contribution in [-0.2, 0) is 19.1 Å². The first-order valence-corrected chi connectivity index (χ1v) is 4.64. The summed E-state index contributed by atoms with van der Waals surface area (Å²) in [7, 11) is 1.60. The van der Waals surface area contributed by atoms with E-state index in [1.807, 2.05) is 0 Å². The van der Waals surface area contributed by atoms with Crippen LogP contribution >= 0.6 is 0 Å². The summed E-state index contributed by atoms with van der Waals surface area (Å²) < 4.78 is 9.39. The van der Waals surface area contributed by atoms with Gasteiger partial charge in [-0.1, -0.05) is 0 Å². The molecule has 0 unspecified atom stereocenters. The fourth-order valence-electron chi connectivity index (χ4n) is 0.763. The van der Waals surface area contributed by atoms with Crippen LogP contribution in [-0.4, -0.2) is 32.2 Å². The van der Waals surface area contributed by atoms with Crippen molar-refractivity contribution in [2.75, 3.05) is 20.3 Å². The molecule has 0 aromatic heterocycles. The second-order valence-corrected chi connectivity index (χ2v) is 2.39. The van der Waals surface area contributed by atoms with Gasteiger partial charge in [0.15, 0.2) is 5.57 Å². The van der Waals surface area contributed by atoms with E-state index in [0.29, 0.717) is 0 Å². The fourth-order valence-corrected chi connectivity index (χ4v) is 0.763. The van der Waals surface area contributed by atoms with E-state index < -0.39 is 11.9 Å². The maximum absolute atomic E-state index is 11.3. The van der Waals surface area contributed by atoms with Gasteiger partial charge < -0.3 is 14.9 Å². The van der Waals surface area contributed by atoms with Gasteiger partial charge in [0.05, 0.1) is 13.2 Å². The number of hydrogen-bond donors (Lipinski definition) is 2. The molecule has 15 heavy (non-hydrogen) atoms. The Morgan fingerprint density at radius 3 is 1.93 bits per heavy atom. The van der Waals surface area contributed by atoms with Crippen molar-refractivity contribution in [3.8, 4) is 0 Å². The SMILES string of the molecule is CCOC(=O)C(=CNNC)C(=O)OCC. The summed E-state index contributed by atoms with van der Waals surface area (Å²) in [4.78, 5) is 22.6. The molecular formula is C9H16N2O4. The predicted molar refractivity (Wildman–Crippen MR) is 53.5 cm³/mol. The Morgan fingerprint density at radius 2 is 1.60 bits per heavy atom. The molecule has 0 aliphatic heterocycles. The highest BCUT2D eigenvalue weighted by Gasteiger charge is 2.20. The molecule has 0 aromatic carbocycles. The zero-order valence-electron chi connectivity index (χ0n) is 9.12. The summed E-state index contributed by atoms with van der Waals surface area (Å²) in [6, 6.07) is 0. The molecule has 86 valence electrons. The highest BCUT2D eigenvalue weighted by Crippen LogP contribution is 2.00. The zero-order chi connectivity index (χ0) is 11.7. The molecule has 0 aliphatic carbocycles. The molecule has 0 aromatic rings. The van der Waals surface area contributed by atoms with Gasteiger partial charge in [0.25, 0.3) is 0 Å². The summed E-state index contributed by atoms with van der Waals surface area (Å²) in [6.07, 6.45) is 1.20. The lowest BCUT2D eigenvalue weighted by atomic mass is 10.3. The molecule has 0 atom stereocenters. The van der Waals surface area contributed by atoms with Crippen LogP contribution in [0.15, 0.2) is 11.8 Å². The average molecular weight is 216 g/mol. The topological polar surface area (TPSA) is 76.7 Å². The molecule has 0 spiro atoms. The van der Waals surface area contributed by atoms with E-state index in [0.717, 1.165) is 0 Å². The van der Waals surface area contributed by atoms with Crippen molar-refractivity contribution in [3.63, 3.8) is 0 Å². The summed E-state index contributed by atoms with van der Waals surface area (Å²) in [5, 5.41) is 0. The van der Waals surface area contributed by atoms with E-state index in [9.17, 15) is 9.59 Å². The van der Waals surface area contributed by atoms with Crippen molar-refractivity contribution in [1.82, 2.24) is 10.9 Å². The standard InChI is InChI=1S/C9H16N2O4/c1-4-14-8(12)7(6-11-10-3)9(13)15-5-2/h6,10-11H,4-5H2,1-3H3. The van der Waals surface area contributed by atoms with E-state index >= 15 is 0 Å². The highest BCUT2D eigenvalue weighted by atomic mass is 16.6. The number of carbonyl (C=O) groups is 2. The van der Waals surface area contributed by atoms with Crippen LogP contribution in [0.2, 0.25) is 0 Å². The minimum absolute atomic E-state index is 0.173. The number of carbonyl (C=O) groups excluding carboxylic acids is 2. The fraction of sp³-hybridized carbons (Fsp3) is 0.556. The first-order valence-electron chi connectivity index (χ1n) is 4.64. The monoisotopic (exact) mass is 216 g/mol. The van der Waals surface area contributed by atoms with Gasteiger partial charge >= 0.3 is 11.9 Å². The Morgan fingerprint density at radius 1 is 1.13 bits per heavy atom. The Hall–Kier alpha value is -1.56. The lowest BCUT2D eigenvalue weighted by Gasteiger charge is -2.06. The molecule has 2 N–H and O–H groups in total. The van der Waals surface area contributed by atoms with Crippen molar-refractivity contribution in [3.05, 3.63) is 11.8 Å². The van der Waals surface area contributed by atoms with Gasteiger partial charge in [0.1, 0.15) is 0 Å². The molecule has 6 heteroatoms. The molecule has 0 fully saturated rings. The average Bonchev–Trinajstić information content (AvgIpc) is 2.19. The van der Waals surface area contributed by atoms with Crippen LogP contribution in [0.5, 0.6) is 0 Å². The minimum atomic E-state index is -0.710. The molecule has 6 nitrogen and oxygen atoms in total. The van der Waals surface area contributed by atoms with Gasteiger partial charge in [-0.2, -0.15) is 0 Å². The molecule has 0 aliphatic rings. The van der Waals surface area contributed by atoms with Gasteiger partial charge in [-0.15, -0.1) is 0 Å². The Labute approximate surface area is 88.6 Å². The zero-order valence-corrected chi connectivity index (χ0v) is 9.12. The minimum Gasteiger partial charge on any atom is -0.462 e. The summed E-state index contributed by atoms with van der Waals surface area (Å²) in [6.45, 7) is 3.72. The summed E-state index contributed by atoms with van der Waals surface area (Å²) in [5.41, 5.74) is 4.89. The van der Waals surface area contributed by atoms with Crippen molar-refractivity contribution in [1.29, 1.82) is 0 Å². The highest BCUT2D eigenvalue weighted by molar-refractivity contribution is 6.13. The molecule has 0 saturated carbocycles. The van der Waals surface area contributed by atoms with Crippen LogP contribution in [0.4, 0.5) is 0 Å². The normalized spacial score (nSPS) is 9.00. The first kappa shape index (κ1) is 13.4. The number of esters is 2. The number of hydrazine groups is 1. The maximum Gasteiger partial charge on any atom is 0.347 e. The van der Waals surface area contributed by atoms with Gasteiger partial charge in [-0.25, -0.2) is 15.0 Å². The van der Waals surface area contributed by atoms with Crippen LogP contribution in [0.25, 0.3) is 0 Å². The largest absolute Gasteiger partial charge is 0.462 e. The molecule has 0 bridgehead atoms. The van der Waals surface area contributed by atoms with Crippen LogP contribution < -0.4 is 10.9 Å². The maximum atomic E-state index is 11.3. The molecule has 0 heterocycles. The molecule has 0 amide bonds. The smallest absolute Gasteiger partial charge is 0.347 e. The van der Waals surface area contributed by atoms with E-state index in [4.69, 9.17) is 9.47 Å². The number of nitrogens with one attached hydrogen (secondary N) is 2. The van der Waals surface area contributed by atoms with Crippen LogP contribution in [0, 0.1) is 0 Å². The van der Waals surface area contributed by atoms with E-state index in [-0.39, 0.29) is 18.8 Å². The van der Waals surface area contributed by atoms with Gasteiger partial charge in [0, 0.05) is 13.2 Å². The van der Waals surface area contributed by atoms with Crippen molar-refractivity contribution >= 4 is 11.9 Å². The van der Waals surface area contributed by atoms with E-state index in [1.165, 1.54) is 6.20 Å². The molecule has 0 saturated heterocycles. The van der Waals surface area contributed by atoms with Gasteiger partial charge in [-0.3, -0.25) is 0 Å². The number of rotatable bonds is 6. The predicted octanol–water partition coefficient (Wildman–Crippen LogP) is -0.279. The quantitative estimate of drug-likeness (QED) is 0.209.